The second-order valence-corrected chi connectivity index (χ2v) is 6.59. The minimum Gasteiger partial charge on any atom is -0.353 e. The number of hydrogen-bond donors (Lipinski definition) is 1. The molecule has 0 radical (unpaired) electrons. The average molecular weight is 396 g/mol. The third kappa shape index (κ3) is 4.06. The zero-order chi connectivity index (χ0) is 17.8. The molecule has 0 aliphatic heterocycles. The van der Waals surface area contributed by atoms with Crippen LogP contribution in [0.25, 0.3) is 0 Å². The molecule has 5 heteroatoms. The number of nitrogens with one attached hydrogen (secondary N) is 1. The van der Waals surface area contributed by atoms with Crippen LogP contribution in [0.2, 0.25) is 0 Å². The highest BCUT2D eigenvalue weighted by Crippen LogP contribution is 2.26. The Balaban J connectivity index is 1.74. The fourth-order valence-corrected chi connectivity index (χ4v) is 3.00. The van der Waals surface area contributed by atoms with Crippen molar-refractivity contribution >= 4 is 38.9 Å². The van der Waals surface area contributed by atoms with Crippen LogP contribution in [-0.2, 0) is 0 Å². The van der Waals surface area contributed by atoms with Crippen molar-refractivity contribution in [3.8, 4) is 0 Å². The molecular weight excluding hydrogens is 378 g/mol. The molecule has 1 N–H and O–H groups in total. The number of aryl methyl sites for hydroxylation is 1. The second-order valence-electron chi connectivity index (χ2n) is 5.74. The molecule has 2 aromatic carbocycles. The molecule has 4 nitrogen and oxygen atoms in total. The standard InChI is InChI=1S/C20H18BrN3O/c1-14-8-10-18(17(21)12-14)23-15-9-11-19(22-13-15)20(25)24(2)16-6-4-3-5-7-16/h3-13,23H,1-2H3. The Bertz CT molecular complexity index is 879. The van der Waals surface area contributed by atoms with Gasteiger partial charge < -0.3 is 10.2 Å². The summed E-state index contributed by atoms with van der Waals surface area (Å²) in [5.41, 5.74) is 4.19. The Morgan fingerprint density at radius 2 is 1.84 bits per heavy atom. The normalized spacial score (nSPS) is 10.4. The maximum absolute atomic E-state index is 12.5. The number of halogens is 1. The van der Waals surface area contributed by atoms with Crippen molar-refractivity contribution in [2.24, 2.45) is 0 Å². The van der Waals surface area contributed by atoms with E-state index >= 15 is 0 Å². The molecule has 0 bridgehead atoms. The van der Waals surface area contributed by atoms with Gasteiger partial charge in [0.15, 0.2) is 0 Å². The summed E-state index contributed by atoms with van der Waals surface area (Å²) in [5.74, 6) is -0.144. The molecule has 1 amide bonds. The molecule has 0 atom stereocenters. The van der Waals surface area contributed by atoms with E-state index in [0.717, 1.165) is 21.5 Å². The maximum Gasteiger partial charge on any atom is 0.276 e. The first-order valence-corrected chi connectivity index (χ1v) is 8.66. The predicted molar refractivity (Wildman–Crippen MR) is 106 cm³/mol. The predicted octanol–water partition coefficient (Wildman–Crippen LogP) is 5.17. The molecule has 0 aliphatic carbocycles. The summed E-state index contributed by atoms with van der Waals surface area (Å²) in [5, 5.41) is 3.29. The molecule has 3 aromatic rings. The molecule has 0 fully saturated rings. The van der Waals surface area contributed by atoms with E-state index in [-0.39, 0.29) is 5.91 Å². The lowest BCUT2D eigenvalue weighted by atomic mass is 10.2. The van der Waals surface area contributed by atoms with Gasteiger partial charge in [-0.2, -0.15) is 0 Å². The number of amides is 1. The van der Waals surface area contributed by atoms with Gasteiger partial charge >= 0.3 is 0 Å². The van der Waals surface area contributed by atoms with Crippen LogP contribution in [0.4, 0.5) is 17.1 Å². The molecule has 0 spiro atoms. The van der Waals surface area contributed by atoms with Crippen LogP contribution in [0.5, 0.6) is 0 Å². The lowest BCUT2D eigenvalue weighted by molar-refractivity contribution is 0.0988. The summed E-state index contributed by atoms with van der Waals surface area (Å²) in [6.07, 6.45) is 1.67. The number of anilines is 3. The van der Waals surface area contributed by atoms with E-state index in [4.69, 9.17) is 0 Å². The van der Waals surface area contributed by atoms with Crippen molar-refractivity contribution in [2.75, 3.05) is 17.3 Å². The fourth-order valence-electron chi connectivity index (χ4n) is 2.41. The van der Waals surface area contributed by atoms with Gasteiger partial charge in [0.25, 0.3) is 5.91 Å². The molecule has 25 heavy (non-hydrogen) atoms. The maximum atomic E-state index is 12.5. The van der Waals surface area contributed by atoms with Gasteiger partial charge in [0, 0.05) is 17.2 Å². The number of carbonyl (C=O) groups is 1. The van der Waals surface area contributed by atoms with Crippen molar-refractivity contribution in [3.63, 3.8) is 0 Å². The van der Waals surface area contributed by atoms with Crippen molar-refractivity contribution in [2.45, 2.75) is 6.92 Å². The van der Waals surface area contributed by atoms with E-state index in [1.54, 1.807) is 24.2 Å². The molecular formula is C20H18BrN3O. The summed E-state index contributed by atoms with van der Waals surface area (Å²) >= 11 is 3.54. The minimum atomic E-state index is -0.144. The number of aromatic nitrogens is 1. The zero-order valence-electron chi connectivity index (χ0n) is 14.0. The van der Waals surface area contributed by atoms with Crippen LogP contribution < -0.4 is 10.2 Å². The first-order valence-electron chi connectivity index (χ1n) is 7.87. The number of para-hydroxylation sites is 1. The SMILES string of the molecule is Cc1ccc(Nc2ccc(C(=O)N(C)c3ccccc3)nc2)c(Br)c1. The van der Waals surface area contributed by atoms with Gasteiger partial charge in [-0.05, 0) is 64.8 Å². The second kappa shape index (κ2) is 7.49. The van der Waals surface area contributed by atoms with Crippen LogP contribution in [-0.4, -0.2) is 17.9 Å². The quantitative estimate of drug-likeness (QED) is 0.662. The first kappa shape index (κ1) is 17.2. The minimum absolute atomic E-state index is 0.144. The highest BCUT2D eigenvalue weighted by molar-refractivity contribution is 9.10. The molecule has 0 aliphatic rings. The summed E-state index contributed by atoms with van der Waals surface area (Å²) in [7, 11) is 1.74. The molecule has 1 aromatic heterocycles. The zero-order valence-corrected chi connectivity index (χ0v) is 15.6. The van der Waals surface area contributed by atoms with Crippen molar-refractivity contribution in [1.82, 2.24) is 4.98 Å². The summed E-state index contributed by atoms with van der Waals surface area (Å²) in [6.45, 7) is 2.04. The van der Waals surface area contributed by atoms with Gasteiger partial charge in [-0.15, -0.1) is 0 Å². The topological polar surface area (TPSA) is 45.2 Å². The van der Waals surface area contributed by atoms with E-state index in [0.29, 0.717) is 5.69 Å². The molecule has 126 valence electrons. The third-order valence-electron chi connectivity index (χ3n) is 3.83. The van der Waals surface area contributed by atoms with Crippen molar-refractivity contribution in [1.29, 1.82) is 0 Å². The van der Waals surface area contributed by atoms with E-state index in [1.807, 2.05) is 61.5 Å². The Morgan fingerprint density at radius 1 is 1.08 bits per heavy atom. The van der Waals surface area contributed by atoms with Crippen LogP contribution in [0, 0.1) is 6.92 Å². The Morgan fingerprint density at radius 3 is 2.48 bits per heavy atom. The van der Waals surface area contributed by atoms with E-state index in [1.165, 1.54) is 5.56 Å². The van der Waals surface area contributed by atoms with Gasteiger partial charge in [-0.3, -0.25) is 4.79 Å². The molecule has 0 saturated carbocycles. The first-order chi connectivity index (χ1) is 12.0. The summed E-state index contributed by atoms with van der Waals surface area (Å²) in [6, 6.07) is 19.2. The van der Waals surface area contributed by atoms with Crippen LogP contribution in [0.3, 0.4) is 0 Å². The molecule has 3 rings (SSSR count). The lowest BCUT2D eigenvalue weighted by Gasteiger charge is -2.17. The van der Waals surface area contributed by atoms with E-state index in [2.05, 4.69) is 26.2 Å². The summed E-state index contributed by atoms with van der Waals surface area (Å²) in [4.78, 5) is 18.4. The fraction of sp³-hybridized carbons (Fsp3) is 0.100. The van der Waals surface area contributed by atoms with Gasteiger partial charge in [-0.25, -0.2) is 4.98 Å². The highest BCUT2D eigenvalue weighted by atomic mass is 79.9. The number of rotatable bonds is 4. The van der Waals surface area contributed by atoms with E-state index in [9.17, 15) is 4.79 Å². The lowest BCUT2D eigenvalue weighted by Crippen LogP contribution is -2.26. The highest BCUT2D eigenvalue weighted by Gasteiger charge is 2.14. The largest absolute Gasteiger partial charge is 0.353 e. The number of pyridine rings is 1. The summed E-state index contributed by atoms with van der Waals surface area (Å²) < 4.78 is 0.983. The third-order valence-corrected chi connectivity index (χ3v) is 4.49. The number of hydrogen-bond acceptors (Lipinski definition) is 3. The van der Waals surface area contributed by atoms with Crippen molar-refractivity contribution in [3.05, 3.63) is 82.6 Å². The van der Waals surface area contributed by atoms with Gasteiger partial charge in [0.05, 0.1) is 17.6 Å². The molecule has 0 saturated heterocycles. The monoisotopic (exact) mass is 395 g/mol. The number of nitrogens with zero attached hydrogens (tertiary/aromatic N) is 2. The van der Waals surface area contributed by atoms with Crippen LogP contribution in [0.15, 0.2) is 71.3 Å². The van der Waals surface area contributed by atoms with Gasteiger partial charge in [-0.1, -0.05) is 24.3 Å². The Hall–Kier alpha value is -2.66. The number of carbonyl (C=O) groups excluding carboxylic acids is 1. The number of benzene rings is 2. The Labute approximate surface area is 155 Å². The Kier molecular flexibility index (Phi) is 5.14. The van der Waals surface area contributed by atoms with Crippen LogP contribution in [0.1, 0.15) is 16.1 Å². The van der Waals surface area contributed by atoms with E-state index < -0.39 is 0 Å². The van der Waals surface area contributed by atoms with Crippen molar-refractivity contribution < 1.29 is 4.79 Å². The average Bonchev–Trinajstić information content (AvgIpc) is 2.64. The van der Waals surface area contributed by atoms with Gasteiger partial charge in [0.1, 0.15) is 5.69 Å². The molecule has 0 unspecified atom stereocenters. The smallest absolute Gasteiger partial charge is 0.276 e. The van der Waals surface area contributed by atoms with Gasteiger partial charge in [0.2, 0.25) is 0 Å². The van der Waals surface area contributed by atoms with Crippen LogP contribution >= 0.6 is 15.9 Å². The molecule has 1 heterocycles.